The number of nitrogens with two attached hydrogens (primary N) is 2. The molecule has 4 atom stereocenters. The highest BCUT2D eigenvalue weighted by Gasteiger charge is 2.30. The first kappa shape index (κ1) is 112. The summed E-state index contributed by atoms with van der Waals surface area (Å²) in [5.41, 5.74) is 15.9. The van der Waals surface area contributed by atoms with E-state index >= 15 is 0 Å². The largest absolute Gasteiger partial charge is 0.480 e. The summed E-state index contributed by atoms with van der Waals surface area (Å²) >= 11 is 0. The number of hydrogen-bond donors (Lipinski definition) is 9. The van der Waals surface area contributed by atoms with Crippen molar-refractivity contribution in [2.75, 3.05) is 271 Å². The summed E-state index contributed by atoms with van der Waals surface area (Å²) in [4.78, 5) is 114. The second-order valence-corrected chi connectivity index (χ2v) is 29.7. The minimum Gasteiger partial charge on any atom is -0.480 e. The summed E-state index contributed by atoms with van der Waals surface area (Å²) in [7, 11) is 3.75. The molecule has 124 heavy (non-hydrogen) atoms. The molecule has 0 saturated carbocycles. The van der Waals surface area contributed by atoms with Gasteiger partial charge < -0.3 is 129 Å². The average molecular weight is 1770 g/mol. The monoisotopic (exact) mass is 1770 g/mol. The van der Waals surface area contributed by atoms with Crippen LogP contribution in [0.5, 0.6) is 0 Å². The summed E-state index contributed by atoms with van der Waals surface area (Å²) < 4.78 is 95.2. The van der Waals surface area contributed by atoms with E-state index in [1.807, 2.05) is 38.4 Å². The molecule has 2 aromatic carbocycles. The first-order valence-corrected chi connectivity index (χ1v) is 44.9. The Hall–Kier alpha value is -6.53. The summed E-state index contributed by atoms with van der Waals surface area (Å²) in [5, 5.41) is 26.7. The molecule has 0 heterocycles. The molecule has 0 saturated heterocycles. The molecule has 4 unspecified atom stereocenters. The lowest BCUT2D eigenvalue weighted by Crippen LogP contribution is -2.41. The molecule has 710 valence electrons. The number of nitrogens with one attached hydrogen (secondary N) is 6. The number of aliphatic carboxylic acids is 1. The molecule has 0 fully saturated rings. The Bertz CT molecular complexity index is 3010. The second-order valence-electron chi connectivity index (χ2n) is 29.7. The Kier molecular flexibility index (Phi) is 71.9. The molecule has 35 heteroatoms. The van der Waals surface area contributed by atoms with E-state index in [4.69, 9.17) is 92.0 Å². The molecule has 35 nitrogen and oxygen atoms in total. The molecule has 2 aromatic rings. The second kappa shape index (κ2) is 79.8. The summed E-state index contributed by atoms with van der Waals surface area (Å²) in [6, 6.07) is 14.9. The van der Waals surface area contributed by atoms with Crippen LogP contribution in [-0.2, 0) is 124 Å². The number of carbonyl (C=O) groups excluding carboxylic acids is 8. The third-order valence-corrected chi connectivity index (χ3v) is 19.7. The Balaban J connectivity index is 1.08. The van der Waals surface area contributed by atoms with Gasteiger partial charge in [0.05, 0.1) is 204 Å². The van der Waals surface area contributed by atoms with Gasteiger partial charge in [0.25, 0.3) is 0 Å². The maximum Gasteiger partial charge on any atom is 0.326 e. The van der Waals surface area contributed by atoms with E-state index in [-0.39, 0.29) is 151 Å². The number of rotatable bonds is 92. The van der Waals surface area contributed by atoms with Crippen LogP contribution in [0.25, 0.3) is 11.1 Å². The van der Waals surface area contributed by atoms with Crippen molar-refractivity contribution < 1.29 is 129 Å². The standard InChI is InChI=1S/C89H152N8O27/c1-92-33-13-9-17-72(87(104)95-36-44-115-52-60-123-68-66-121-58-50-113-42-30-85(102)97-82(89(106)107)24-8-12-32-91)69-74(98)27-39-110-47-55-118-63-61-116-53-45-108-37-15-25-83(100)81(23-7-11-31-90)96-84(101)29-41-112-49-57-120-65-67-122-59-51-114-43-35-94-88(105)73(18-10-14-34-93-2)70-75(99)28-40-111-48-56-119-64-62-117-54-46-109-38-16-26-86(103)124-71-80-78-21-5-3-19-76(78)77-20-4-6-22-79(77)80/h3-6,19-22,72-73,80-82,92-93H,7-18,23-71,90-91H2,1-2H3,(H,94,105)(H,95,104)(H,96,101)(H,97,102)(H,106,107). The SMILES string of the molecule is CNCCCCC(CC(=O)CCOCCOCCOCCOCCCC(=O)C(CCCCN)NC(=O)CCOCCOCCOCCOCCNC(=O)C(CCCCNC)CC(=O)CCOCCOCCOCCOCCCC(=O)OCC1c2ccccc2-c2ccccc21)C(=O)NCCOCCOCCOCCOCCC(=O)NC(CCCCN)C(=O)O. The van der Waals surface area contributed by atoms with E-state index in [0.717, 1.165) is 45.2 Å². The van der Waals surface area contributed by atoms with Crippen molar-refractivity contribution in [2.24, 2.45) is 23.3 Å². The number of Topliss-reactive ketones (excluding diaryl/α,β-unsaturated/α-hetero) is 3. The molecular formula is C89H152N8O27. The smallest absolute Gasteiger partial charge is 0.326 e. The molecule has 1 aliphatic carbocycles. The summed E-state index contributed by atoms with van der Waals surface area (Å²) in [6.07, 6.45) is 10.4. The van der Waals surface area contributed by atoms with Gasteiger partial charge in [-0.2, -0.15) is 0 Å². The molecule has 1 aliphatic rings. The number of fused-ring (bicyclic) bond motifs is 3. The van der Waals surface area contributed by atoms with E-state index in [2.05, 4.69) is 56.2 Å². The first-order chi connectivity index (χ1) is 60.7. The van der Waals surface area contributed by atoms with Gasteiger partial charge in [0.2, 0.25) is 23.6 Å². The van der Waals surface area contributed by atoms with Crippen LogP contribution in [0.3, 0.4) is 0 Å². The predicted octanol–water partition coefficient (Wildman–Crippen LogP) is 4.77. The van der Waals surface area contributed by atoms with Gasteiger partial charge in [-0.3, -0.25) is 38.4 Å². The van der Waals surface area contributed by atoms with Gasteiger partial charge in [-0.15, -0.1) is 0 Å². The van der Waals surface area contributed by atoms with E-state index in [0.29, 0.717) is 249 Å². The Labute approximate surface area is 735 Å². The first-order valence-electron chi connectivity index (χ1n) is 44.9. The number of ketones is 3. The maximum atomic E-state index is 13.2. The zero-order chi connectivity index (χ0) is 89.4. The number of esters is 1. The van der Waals surface area contributed by atoms with Crippen molar-refractivity contribution in [3.05, 3.63) is 59.7 Å². The fraction of sp³-hybridized carbons (Fsp3) is 0.764. The quantitative estimate of drug-likeness (QED) is 0.0318. The van der Waals surface area contributed by atoms with Crippen molar-refractivity contribution in [2.45, 2.75) is 159 Å². The normalized spacial score (nSPS) is 12.8. The number of unbranched alkanes of at least 4 members (excludes halogenated alkanes) is 4. The van der Waals surface area contributed by atoms with Crippen molar-refractivity contribution in [1.29, 1.82) is 0 Å². The molecule has 4 amide bonds. The van der Waals surface area contributed by atoms with Gasteiger partial charge in [0.15, 0.2) is 5.78 Å². The molecule has 0 aliphatic heterocycles. The number of amides is 4. The highest BCUT2D eigenvalue weighted by atomic mass is 16.6. The Morgan fingerprint density at radius 2 is 0.653 bits per heavy atom. The zero-order valence-corrected chi connectivity index (χ0v) is 74.4. The Morgan fingerprint density at radius 1 is 0.339 bits per heavy atom. The minimum atomic E-state index is -1.08. The lowest BCUT2D eigenvalue weighted by Gasteiger charge is -2.18. The number of ether oxygens (including phenoxy) is 17. The van der Waals surface area contributed by atoms with E-state index in [1.54, 1.807) is 0 Å². The van der Waals surface area contributed by atoms with Crippen LogP contribution in [0.1, 0.15) is 158 Å². The van der Waals surface area contributed by atoms with Crippen molar-refractivity contribution >= 4 is 52.9 Å². The lowest BCUT2D eigenvalue weighted by atomic mass is 9.94. The maximum absolute atomic E-state index is 13.2. The summed E-state index contributed by atoms with van der Waals surface area (Å²) in [6.45, 7) is 13.6. The van der Waals surface area contributed by atoms with Gasteiger partial charge in [0, 0.05) is 95.4 Å². The van der Waals surface area contributed by atoms with Crippen molar-refractivity contribution in [3.8, 4) is 11.1 Å². The minimum absolute atomic E-state index is 0.0371. The highest BCUT2D eigenvalue weighted by molar-refractivity contribution is 5.90. The van der Waals surface area contributed by atoms with Gasteiger partial charge >= 0.3 is 11.9 Å². The Morgan fingerprint density at radius 3 is 1.02 bits per heavy atom. The van der Waals surface area contributed by atoms with Gasteiger partial charge in [-0.1, -0.05) is 61.4 Å². The van der Waals surface area contributed by atoms with Gasteiger partial charge in [-0.25, -0.2) is 4.79 Å². The van der Waals surface area contributed by atoms with E-state index in [9.17, 15) is 48.3 Å². The van der Waals surface area contributed by atoms with Gasteiger partial charge in [0.1, 0.15) is 24.2 Å². The molecule has 11 N–H and O–H groups in total. The topological polar surface area (TPSA) is 455 Å². The van der Waals surface area contributed by atoms with Crippen molar-refractivity contribution in [3.63, 3.8) is 0 Å². The fourth-order valence-electron chi connectivity index (χ4n) is 12.9. The van der Waals surface area contributed by atoms with Crippen molar-refractivity contribution in [1.82, 2.24) is 31.9 Å². The average Bonchev–Trinajstić information content (AvgIpc) is 1.62. The predicted molar refractivity (Wildman–Crippen MR) is 465 cm³/mol. The van der Waals surface area contributed by atoms with Crippen LogP contribution in [0.4, 0.5) is 0 Å². The fourth-order valence-corrected chi connectivity index (χ4v) is 12.9. The van der Waals surface area contributed by atoms with Crippen LogP contribution in [0, 0.1) is 11.8 Å². The van der Waals surface area contributed by atoms with E-state index in [1.165, 1.54) is 22.3 Å². The molecule has 0 radical (unpaired) electrons. The molecule has 0 bridgehead atoms. The van der Waals surface area contributed by atoms with Gasteiger partial charge in [-0.05, 0) is 140 Å². The summed E-state index contributed by atoms with van der Waals surface area (Å²) in [5.74, 6) is -3.40. The van der Waals surface area contributed by atoms with E-state index < -0.39 is 35.8 Å². The number of carboxylic acids is 1. The highest BCUT2D eigenvalue weighted by Crippen LogP contribution is 2.44. The third-order valence-electron chi connectivity index (χ3n) is 19.7. The third kappa shape index (κ3) is 60.3. The molecular weight excluding hydrogens is 1610 g/mol. The number of carbonyl (C=O) groups is 9. The van der Waals surface area contributed by atoms with Crippen LogP contribution >= 0.6 is 0 Å². The lowest BCUT2D eigenvalue weighted by molar-refractivity contribution is -0.144. The van der Waals surface area contributed by atoms with Crippen LogP contribution in [-0.4, -0.2) is 341 Å². The number of hydrogen-bond acceptors (Lipinski definition) is 30. The van der Waals surface area contributed by atoms with Crippen LogP contribution in [0.15, 0.2) is 48.5 Å². The molecule has 3 rings (SSSR count). The van der Waals surface area contributed by atoms with Crippen LogP contribution in [0.2, 0.25) is 0 Å². The molecule has 0 spiro atoms. The number of benzene rings is 2. The number of carboxylic acid groups (broad SMARTS) is 1. The zero-order valence-electron chi connectivity index (χ0n) is 74.4. The molecule has 0 aromatic heterocycles. The van der Waals surface area contributed by atoms with Crippen LogP contribution < -0.4 is 43.4 Å².